The van der Waals surface area contributed by atoms with E-state index in [1.54, 1.807) is 25.2 Å². The molecule has 2 atom stereocenters. The number of rotatable bonds is 6. The van der Waals surface area contributed by atoms with Gasteiger partial charge >= 0.3 is 12.1 Å². The van der Waals surface area contributed by atoms with Crippen LogP contribution in [0.5, 0.6) is 0 Å². The van der Waals surface area contributed by atoms with Gasteiger partial charge in [-0.25, -0.2) is 0 Å². The van der Waals surface area contributed by atoms with E-state index in [-0.39, 0.29) is 48.4 Å². The summed E-state index contributed by atoms with van der Waals surface area (Å²) >= 11 is 0. The van der Waals surface area contributed by atoms with Gasteiger partial charge in [-0.15, -0.1) is 24.0 Å². The number of methoxy groups -OCH3 is 1. The number of esters is 1. The number of guanidine groups is 1. The molecule has 0 aromatic heterocycles. The molecule has 2 unspecified atom stereocenters. The zero-order valence-corrected chi connectivity index (χ0v) is 19.0. The van der Waals surface area contributed by atoms with Crippen LogP contribution in [0.4, 0.5) is 13.2 Å². The fourth-order valence-electron chi connectivity index (χ4n) is 3.23. The van der Waals surface area contributed by atoms with E-state index in [1.807, 2.05) is 17.9 Å². The SMILES string of the molecule is CN=C(NCc1cccc(COCC(F)(F)F)c1)N1CC(C)C(C(=O)OC)C1.I. The predicted molar refractivity (Wildman–Crippen MR) is 114 cm³/mol. The minimum atomic E-state index is -4.33. The van der Waals surface area contributed by atoms with Crippen LogP contribution in [0, 0.1) is 11.8 Å². The molecule has 1 aliphatic rings. The van der Waals surface area contributed by atoms with Crippen molar-refractivity contribution >= 4 is 35.9 Å². The molecule has 0 bridgehead atoms. The molecule has 0 aliphatic carbocycles. The highest BCUT2D eigenvalue weighted by atomic mass is 127. The number of nitrogens with zero attached hydrogens (tertiary/aromatic N) is 2. The normalized spacial score (nSPS) is 19.7. The lowest BCUT2D eigenvalue weighted by atomic mass is 9.99. The second-order valence-corrected chi connectivity index (χ2v) is 6.84. The molecule has 1 saturated heterocycles. The summed E-state index contributed by atoms with van der Waals surface area (Å²) in [6, 6.07) is 7.16. The van der Waals surface area contributed by atoms with Crippen LogP contribution in [0.2, 0.25) is 0 Å². The summed E-state index contributed by atoms with van der Waals surface area (Å²) in [5.41, 5.74) is 1.56. The first kappa shape index (κ1) is 25.5. The Hall–Kier alpha value is -1.56. The summed E-state index contributed by atoms with van der Waals surface area (Å²) in [6.07, 6.45) is -4.33. The summed E-state index contributed by atoms with van der Waals surface area (Å²) in [5, 5.41) is 3.24. The monoisotopic (exact) mass is 529 g/mol. The van der Waals surface area contributed by atoms with E-state index >= 15 is 0 Å². The molecular formula is C19H27F3IN3O3. The van der Waals surface area contributed by atoms with Gasteiger partial charge in [-0.2, -0.15) is 13.2 Å². The van der Waals surface area contributed by atoms with Gasteiger partial charge in [-0.1, -0.05) is 31.2 Å². The van der Waals surface area contributed by atoms with Crippen LogP contribution in [0.3, 0.4) is 0 Å². The Balaban J connectivity index is 0.00000420. The van der Waals surface area contributed by atoms with Crippen LogP contribution in [-0.2, 0) is 27.4 Å². The highest BCUT2D eigenvalue weighted by Crippen LogP contribution is 2.24. The number of carbonyl (C=O) groups is 1. The van der Waals surface area contributed by atoms with Gasteiger partial charge in [0.15, 0.2) is 5.96 Å². The molecule has 10 heteroatoms. The van der Waals surface area contributed by atoms with Gasteiger partial charge in [-0.3, -0.25) is 9.79 Å². The molecule has 6 nitrogen and oxygen atoms in total. The molecule has 1 heterocycles. The Labute approximate surface area is 185 Å². The van der Waals surface area contributed by atoms with Gasteiger partial charge in [0.2, 0.25) is 0 Å². The van der Waals surface area contributed by atoms with Crippen molar-refractivity contribution in [2.75, 3.05) is 33.9 Å². The quantitative estimate of drug-likeness (QED) is 0.266. The van der Waals surface area contributed by atoms with Crippen LogP contribution in [0.15, 0.2) is 29.3 Å². The Kier molecular flexibility index (Phi) is 10.2. The number of hydrogen-bond acceptors (Lipinski definition) is 4. The Morgan fingerprint density at radius 2 is 2.00 bits per heavy atom. The smallest absolute Gasteiger partial charge is 0.411 e. The van der Waals surface area contributed by atoms with Crippen molar-refractivity contribution in [3.8, 4) is 0 Å². The maximum atomic E-state index is 12.2. The molecule has 2 rings (SSSR count). The van der Waals surface area contributed by atoms with E-state index in [1.165, 1.54) is 7.11 Å². The first-order valence-corrected chi connectivity index (χ1v) is 8.99. The molecule has 0 spiro atoms. The number of ether oxygens (including phenoxy) is 2. The van der Waals surface area contributed by atoms with Crippen molar-refractivity contribution < 1.29 is 27.4 Å². The second kappa shape index (κ2) is 11.6. The van der Waals surface area contributed by atoms with Gasteiger partial charge in [0.05, 0.1) is 19.6 Å². The van der Waals surface area contributed by atoms with Crippen LogP contribution in [-0.4, -0.2) is 56.9 Å². The number of nitrogens with one attached hydrogen (secondary N) is 1. The average molecular weight is 529 g/mol. The van der Waals surface area contributed by atoms with E-state index < -0.39 is 12.8 Å². The minimum absolute atomic E-state index is 0. The first-order chi connectivity index (χ1) is 13.2. The fraction of sp³-hybridized carbons (Fsp3) is 0.579. The van der Waals surface area contributed by atoms with Gasteiger partial charge in [0, 0.05) is 26.7 Å². The number of halogens is 4. The minimum Gasteiger partial charge on any atom is -0.469 e. The number of carbonyl (C=O) groups excluding carboxylic acids is 1. The van der Waals surface area contributed by atoms with E-state index in [0.717, 1.165) is 5.56 Å². The predicted octanol–water partition coefficient (Wildman–Crippen LogP) is 3.20. The molecule has 0 amide bonds. The Morgan fingerprint density at radius 3 is 2.62 bits per heavy atom. The zero-order valence-electron chi connectivity index (χ0n) is 16.7. The van der Waals surface area contributed by atoms with E-state index in [4.69, 9.17) is 9.47 Å². The number of likely N-dealkylation sites (tertiary alicyclic amines) is 1. The largest absolute Gasteiger partial charge is 0.469 e. The van der Waals surface area contributed by atoms with Crippen LogP contribution in [0.25, 0.3) is 0 Å². The standard InChI is InChI=1S/C19H26F3N3O3.HI/c1-13-9-25(10-16(13)17(26)27-3)18(23-2)24-8-14-5-4-6-15(7-14)11-28-12-19(20,21)22;/h4-7,13,16H,8-12H2,1-3H3,(H,23,24);1H. The molecular weight excluding hydrogens is 502 g/mol. The van der Waals surface area contributed by atoms with Crippen LogP contribution in [0.1, 0.15) is 18.1 Å². The van der Waals surface area contributed by atoms with Crippen LogP contribution < -0.4 is 5.32 Å². The molecule has 0 radical (unpaired) electrons. The lowest BCUT2D eigenvalue weighted by molar-refractivity contribution is -0.176. The third-order valence-electron chi connectivity index (χ3n) is 4.60. The Morgan fingerprint density at radius 1 is 1.31 bits per heavy atom. The van der Waals surface area contributed by atoms with Crippen molar-refractivity contribution in [3.05, 3.63) is 35.4 Å². The highest BCUT2D eigenvalue weighted by molar-refractivity contribution is 14.0. The molecule has 164 valence electrons. The first-order valence-electron chi connectivity index (χ1n) is 8.99. The maximum Gasteiger partial charge on any atom is 0.411 e. The highest BCUT2D eigenvalue weighted by Gasteiger charge is 2.36. The number of hydrogen-bond donors (Lipinski definition) is 1. The zero-order chi connectivity index (χ0) is 20.7. The summed E-state index contributed by atoms with van der Waals surface area (Å²) in [4.78, 5) is 18.1. The van der Waals surface area contributed by atoms with Crippen molar-refractivity contribution in [1.82, 2.24) is 10.2 Å². The number of alkyl halides is 3. The third kappa shape index (κ3) is 8.00. The molecule has 1 N–H and O–H groups in total. The van der Waals surface area contributed by atoms with Gasteiger partial charge < -0.3 is 19.7 Å². The molecule has 0 saturated carbocycles. The molecule has 1 aliphatic heterocycles. The lowest BCUT2D eigenvalue weighted by Crippen LogP contribution is -2.40. The second-order valence-electron chi connectivity index (χ2n) is 6.84. The summed E-state index contributed by atoms with van der Waals surface area (Å²) in [6.45, 7) is 2.29. The van der Waals surface area contributed by atoms with Gasteiger partial charge in [0.1, 0.15) is 6.61 Å². The molecule has 1 aromatic rings. The van der Waals surface area contributed by atoms with Crippen LogP contribution >= 0.6 is 24.0 Å². The number of aliphatic imine (C=N–C) groups is 1. The number of benzene rings is 1. The summed E-state index contributed by atoms with van der Waals surface area (Å²) in [7, 11) is 3.05. The van der Waals surface area contributed by atoms with Crippen molar-refractivity contribution in [2.24, 2.45) is 16.8 Å². The Bertz CT molecular complexity index is 701. The maximum absolute atomic E-state index is 12.2. The van der Waals surface area contributed by atoms with E-state index in [2.05, 4.69) is 10.3 Å². The lowest BCUT2D eigenvalue weighted by Gasteiger charge is -2.21. The van der Waals surface area contributed by atoms with Gasteiger partial charge in [-0.05, 0) is 17.0 Å². The third-order valence-corrected chi connectivity index (χ3v) is 4.60. The fourth-order valence-corrected chi connectivity index (χ4v) is 3.23. The van der Waals surface area contributed by atoms with Crippen molar-refractivity contribution in [1.29, 1.82) is 0 Å². The molecule has 1 fully saturated rings. The van der Waals surface area contributed by atoms with E-state index in [9.17, 15) is 18.0 Å². The van der Waals surface area contributed by atoms with Gasteiger partial charge in [0.25, 0.3) is 0 Å². The van der Waals surface area contributed by atoms with Crippen molar-refractivity contribution in [3.63, 3.8) is 0 Å². The summed E-state index contributed by atoms with van der Waals surface area (Å²) < 4.78 is 46.1. The topological polar surface area (TPSA) is 63.2 Å². The average Bonchev–Trinajstić information content (AvgIpc) is 3.02. The van der Waals surface area contributed by atoms with E-state index in [0.29, 0.717) is 31.2 Å². The summed E-state index contributed by atoms with van der Waals surface area (Å²) in [5.74, 6) is 0.395. The van der Waals surface area contributed by atoms with Crippen molar-refractivity contribution in [2.45, 2.75) is 26.3 Å². The molecule has 1 aromatic carbocycles. The molecule has 29 heavy (non-hydrogen) atoms.